The van der Waals surface area contributed by atoms with Crippen LogP contribution in [0.1, 0.15) is 21.8 Å². The molecule has 3 rings (SSSR count). The van der Waals surface area contributed by atoms with Gasteiger partial charge in [0.05, 0.1) is 12.0 Å². The summed E-state index contributed by atoms with van der Waals surface area (Å²) < 4.78 is 5.21. The lowest BCUT2D eigenvalue weighted by molar-refractivity contribution is 0.0697. The topological polar surface area (TPSA) is 76.2 Å². The van der Waals surface area contributed by atoms with E-state index < -0.39 is 5.97 Å². The third-order valence-electron chi connectivity index (χ3n) is 3.10. The number of rotatable bonds is 4. The Labute approximate surface area is 131 Å². The van der Waals surface area contributed by atoms with Crippen LogP contribution in [0.5, 0.6) is 0 Å². The Kier molecular flexibility index (Phi) is 3.89. The largest absolute Gasteiger partial charge is 0.478 e. The fraction of sp³-hybridized carbons (Fsp3) is 0.0625. The molecule has 110 valence electrons. The van der Waals surface area contributed by atoms with E-state index in [1.54, 1.807) is 24.3 Å². The van der Waals surface area contributed by atoms with E-state index in [2.05, 4.69) is 10.1 Å². The highest BCUT2D eigenvalue weighted by atomic mass is 35.5. The first kappa shape index (κ1) is 14.3. The summed E-state index contributed by atoms with van der Waals surface area (Å²) in [7, 11) is 0. The summed E-state index contributed by atoms with van der Waals surface area (Å²) in [6.07, 6.45) is 0.489. The van der Waals surface area contributed by atoms with Gasteiger partial charge in [-0.1, -0.05) is 41.0 Å². The molecule has 1 heterocycles. The lowest BCUT2D eigenvalue weighted by Gasteiger charge is -1.97. The van der Waals surface area contributed by atoms with Crippen LogP contribution in [0.4, 0.5) is 0 Å². The molecule has 22 heavy (non-hydrogen) atoms. The molecule has 1 aromatic heterocycles. The highest BCUT2D eigenvalue weighted by molar-refractivity contribution is 6.30. The van der Waals surface area contributed by atoms with E-state index in [0.29, 0.717) is 28.7 Å². The summed E-state index contributed by atoms with van der Waals surface area (Å²) in [6, 6.07) is 13.8. The van der Waals surface area contributed by atoms with E-state index in [-0.39, 0.29) is 5.56 Å². The van der Waals surface area contributed by atoms with Crippen molar-refractivity contribution in [2.75, 3.05) is 0 Å². The number of aromatic nitrogens is 2. The van der Waals surface area contributed by atoms with Crippen molar-refractivity contribution < 1.29 is 14.4 Å². The number of halogens is 1. The number of benzene rings is 2. The summed E-state index contributed by atoms with van der Waals surface area (Å²) >= 11 is 5.84. The van der Waals surface area contributed by atoms with Crippen LogP contribution in [0.2, 0.25) is 5.02 Å². The molecule has 2 aromatic carbocycles. The normalized spacial score (nSPS) is 10.6. The fourth-order valence-corrected chi connectivity index (χ4v) is 2.14. The van der Waals surface area contributed by atoms with Crippen molar-refractivity contribution >= 4 is 17.6 Å². The molecular weight excluding hydrogens is 304 g/mol. The highest BCUT2D eigenvalue weighted by Gasteiger charge is 2.11. The molecule has 0 saturated heterocycles. The van der Waals surface area contributed by atoms with Crippen molar-refractivity contribution in [2.24, 2.45) is 0 Å². The number of aromatic carboxylic acids is 1. The Bertz CT molecular complexity index is 812. The average Bonchev–Trinajstić information content (AvgIpc) is 2.98. The Morgan fingerprint density at radius 3 is 2.68 bits per heavy atom. The van der Waals surface area contributed by atoms with Gasteiger partial charge < -0.3 is 9.63 Å². The molecule has 3 aromatic rings. The van der Waals surface area contributed by atoms with Crippen molar-refractivity contribution in [3.63, 3.8) is 0 Å². The predicted octanol–water partition coefficient (Wildman–Crippen LogP) is 3.68. The second-order valence-electron chi connectivity index (χ2n) is 4.70. The van der Waals surface area contributed by atoms with Crippen molar-refractivity contribution in [3.05, 3.63) is 70.6 Å². The smallest absolute Gasteiger partial charge is 0.335 e. The van der Waals surface area contributed by atoms with Gasteiger partial charge in [0.1, 0.15) is 0 Å². The first-order chi connectivity index (χ1) is 10.6. The third kappa shape index (κ3) is 3.15. The average molecular weight is 315 g/mol. The van der Waals surface area contributed by atoms with Gasteiger partial charge in [0.2, 0.25) is 11.7 Å². The molecule has 0 spiro atoms. The van der Waals surface area contributed by atoms with Crippen LogP contribution in [0.3, 0.4) is 0 Å². The monoisotopic (exact) mass is 314 g/mol. The number of carboxylic acids is 1. The van der Waals surface area contributed by atoms with Crippen molar-refractivity contribution in [2.45, 2.75) is 6.42 Å². The maximum absolute atomic E-state index is 11.0. The van der Waals surface area contributed by atoms with Gasteiger partial charge in [-0.2, -0.15) is 4.98 Å². The van der Waals surface area contributed by atoms with E-state index in [1.807, 2.05) is 12.1 Å². The fourth-order valence-electron chi connectivity index (χ4n) is 2.01. The van der Waals surface area contributed by atoms with Crippen molar-refractivity contribution in [1.29, 1.82) is 0 Å². The lowest BCUT2D eigenvalue weighted by atomic mass is 10.1. The maximum atomic E-state index is 11.0. The zero-order chi connectivity index (χ0) is 15.5. The highest BCUT2D eigenvalue weighted by Crippen LogP contribution is 2.19. The Morgan fingerprint density at radius 1 is 1.18 bits per heavy atom. The van der Waals surface area contributed by atoms with Crippen LogP contribution in [0.25, 0.3) is 11.4 Å². The molecule has 0 aliphatic heterocycles. The number of nitrogens with zero attached hydrogens (tertiary/aromatic N) is 2. The van der Waals surface area contributed by atoms with Gasteiger partial charge in [0, 0.05) is 10.6 Å². The Morgan fingerprint density at radius 2 is 1.95 bits per heavy atom. The van der Waals surface area contributed by atoms with Gasteiger partial charge in [0.15, 0.2) is 0 Å². The van der Waals surface area contributed by atoms with Crippen molar-refractivity contribution in [1.82, 2.24) is 10.1 Å². The molecule has 0 unspecified atom stereocenters. The van der Waals surface area contributed by atoms with E-state index >= 15 is 0 Å². The van der Waals surface area contributed by atoms with Gasteiger partial charge in [-0.15, -0.1) is 0 Å². The SMILES string of the molecule is O=C(O)c1cccc(-c2noc(Cc3ccc(Cl)cc3)n2)c1. The van der Waals surface area contributed by atoms with Gasteiger partial charge in [-0.25, -0.2) is 4.79 Å². The van der Waals surface area contributed by atoms with Crippen LogP contribution >= 0.6 is 11.6 Å². The molecule has 0 radical (unpaired) electrons. The van der Waals surface area contributed by atoms with E-state index in [1.165, 1.54) is 12.1 Å². The van der Waals surface area contributed by atoms with Gasteiger partial charge >= 0.3 is 5.97 Å². The summed E-state index contributed by atoms with van der Waals surface area (Å²) in [5.74, 6) is -0.170. The predicted molar refractivity (Wildman–Crippen MR) is 81.0 cm³/mol. The second-order valence-corrected chi connectivity index (χ2v) is 5.14. The minimum Gasteiger partial charge on any atom is -0.478 e. The number of carbonyl (C=O) groups is 1. The maximum Gasteiger partial charge on any atom is 0.335 e. The van der Waals surface area contributed by atoms with Crippen molar-refractivity contribution in [3.8, 4) is 11.4 Å². The Balaban J connectivity index is 1.83. The summed E-state index contributed by atoms with van der Waals surface area (Å²) in [4.78, 5) is 15.3. The first-order valence-corrected chi connectivity index (χ1v) is 6.90. The number of hydrogen-bond donors (Lipinski definition) is 1. The molecule has 0 bridgehead atoms. The van der Waals surface area contributed by atoms with Crippen LogP contribution in [0.15, 0.2) is 53.1 Å². The molecule has 0 saturated carbocycles. The van der Waals surface area contributed by atoms with Gasteiger partial charge in [0.25, 0.3) is 0 Å². The zero-order valence-electron chi connectivity index (χ0n) is 11.4. The summed E-state index contributed by atoms with van der Waals surface area (Å²) in [5, 5.41) is 13.6. The molecule has 5 nitrogen and oxygen atoms in total. The first-order valence-electron chi connectivity index (χ1n) is 6.52. The summed E-state index contributed by atoms with van der Waals surface area (Å²) in [6.45, 7) is 0. The third-order valence-corrected chi connectivity index (χ3v) is 3.36. The van der Waals surface area contributed by atoms with Crippen LogP contribution in [0, 0.1) is 0 Å². The molecule has 0 aliphatic rings. The standard InChI is InChI=1S/C16H11ClN2O3/c17-13-6-4-10(5-7-13)8-14-18-15(19-22-14)11-2-1-3-12(9-11)16(20)21/h1-7,9H,8H2,(H,20,21). The molecule has 0 aliphatic carbocycles. The van der Waals surface area contributed by atoms with Gasteiger partial charge in [-0.3, -0.25) is 0 Å². The molecule has 6 heteroatoms. The minimum absolute atomic E-state index is 0.182. The Hall–Kier alpha value is -2.66. The summed E-state index contributed by atoms with van der Waals surface area (Å²) in [5.41, 5.74) is 1.78. The van der Waals surface area contributed by atoms with Gasteiger partial charge in [-0.05, 0) is 29.8 Å². The molecule has 0 amide bonds. The van der Waals surface area contributed by atoms with Crippen LogP contribution in [-0.4, -0.2) is 21.2 Å². The van der Waals surface area contributed by atoms with E-state index in [9.17, 15) is 4.79 Å². The lowest BCUT2D eigenvalue weighted by Crippen LogP contribution is -1.96. The molecule has 0 atom stereocenters. The second kappa shape index (κ2) is 5.99. The minimum atomic E-state index is -0.994. The quantitative estimate of drug-likeness (QED) is 0.795. The zero-order valence-corrected chi connectivity index (χ0v) is 12.1. The molecular formula is C16H11ClN2O3. The number of carboxylic acid groups (broad SMARTS) is 1. The number of hydrogen-bond acceptors (Lipinski definition) is 4. The van der Waals surface area contributed by atoms with Crippen LogP contribution < -0.4 is 0 Å². The molecule has 0 fully saturated rings. The van der Waals surface area contributed by atoms with E-state index in [0.717, 1.165) is 5.56 Å². The van der Waals surface area contributed by atoms with E-state index in [4.69, 9.17) is 21.2 Å². The van der Waals surface area contributed by atoms with Crippen LogP contribution in [-0.2, 0) is 6.42 Å². The molecule has 1 N–H and O–H groups in total.